The molecule has 0 aliphatic carbocycles. The van der Waals surface area contributed by atoms with Crippen LogP contribution in [0.2, 0.25) is 0 Å². The first-order valence-electron chi connectivity index (χ1n) is 5.70. The Morgan fingerprint density at radius 1 is 1.20 bits per heavy atom. The van der Waals surface area contributed by atoms with Gasteiger partial charge in [0.25, 0.3) is 0 Å². The monoisotopic (exact) mass is 279 g/mol. The minimum absolute atomic E-state index is 0.0888. The van der Waals surface area contributed by atoms with E-state index < -0.39 is 17.6 Å². The number of carbonyl (C=O) groups is 1. The van der Waals surface area contributed by atoms with E-state index >= 15 is 0 Å². The number of aromatic nitrogens is 2. The Labute approximate surface area is 113 Å². The molecule has 1 aromatic heterocycles. The molecular formula is C13H11F2N3O2. The summed E-state index contributed by atoms with van der Waals surface area (Å²) in [7, 11) is 1.25. The fraction of sp³-hybridized carbons (Fsp3) is 0.154. The molecule has 0 saturated heterocycles. The second-order valence-corrected chi connectivity index (χ2v) is 3.90. The van der Waals surface area contributed by atoms with Crippen molar-refractivity contribution in [3.8, 4) is 0 Å². The summed E-state index contributed by atoms with van der Waals surface area (Å²) in [4.78, 5) is 11.2. The van der Waals surface area contributed by atoms with Gasteiger partial charge in [0.15, 0.2) is 17.3 Å². The Balaban J connectivity index is 2.00. The van der Waals surface area contributed by atoms with Crippen molar-refractivity contribution in [1.82, 2.24) is 10.2 Å². The molecule has 0 unspecified atom stereocenters. The zero-order valence-corrected chi connectivity index (χ0v) is 10.6. The number of esters is 1. The molecule has 1 aromatic carbocycles. The predicted octanol–water partition coefficient (Wildman–Crippen LogP) is 2.15. The van der Waals surface area contributed by atoms with Crippen molar-refractivity contribution in [2.45, 2.75) is 6.54 Å². The van der Waals surface area contributed by atoms with E-state index in [4.69, 9.17) is 0 Å². The van der Waals surface area contributed by atoms with Crippen LogP contribution in [0.1, 0.15) is 16.1 Å². The average Bonchev–Trinajstić information content (AvgIpc) is 2.48. The summed E-state index contributed by atoms with van der Waals surface area (Å²) in [6.45, 7) is 0.253. The van der Waals surface area contributed by atoms with Crippen LogP contribution in [0.15, 0.2) is 30.3 Å². The first-order chi connectivity index (χ1) is 9.60. The van der Waals surface area contributed by atoms with E-state index in [2.05, 4.69) is 20.3 Å². The molecule has 1 heterocycles. The maximum absolute atomic E-state index is 13.0. The van der Waals surface area contributed by atoms with Crippen molar-refractivity contribution in [1.29, 1.82) is 0 Å². The van der Waals surface area contributed by atoms with E-state index in [0.29, 0.717) is 11.4 Å². The highest BCUT2D eigenvalue weighted by Crippen LogP contribution is 2.10. The number of halogens is 2. The molecule has 0 bridgehead atoms. The lowest BCUT2D eigenvalue weighted by atomic mass is 10.2. The standard InChI is InChI=1S/C13H11F2N3O2/c1-20-13(19)11-4-5-12(18-17-11)16-7-8-2-3-9(14)10(15)6-8/h2-6H,7H2,1H3,(H,16,18). The molecule has 0 spiro atoms. The second-order valence-electron chi connectivity index (χ2n) is 3.90. The van der Waals surface area contributed by atoms with Crippen molar-refractivity contribution in [3.05, 3.63) is 53.2 Å². The van der Waals surface area contributed by atoms with Crippen molar-refractivity contribution >= 4 is 11.8 Å². The number of ether oxygens (including phenoxy) is 1. The van der Waals surface area contributed by atoms with E-state index in [0.717, 1.165) is 12.1 Å². The lowest BCUT2D eigenvalue weighted by Crippen LogP contribution is -2.08. The minimum atomic E-state index is -0.906. The fourth-order valence-corrected chi connectivity index (χ4v) is 1.48. The quantitative estimate of drug-likeness (QED) is 0.869. The van der Waals surface area contributed by atoms with Crippen LogP contribution in [0, 0.1) is 11.6 Å². The van der Waals surface area contributed by atoms with E-state index in [9.17, 15) is 13.6 Å². The van der Waals surface area contributed by atoms with E-state index in [-0.39, 0.29) is 12.2 Å². The van der Waals surface area contributed by atoms with Crippen LogP contribution >= 0.6 is 0 Å². The summed E-state index contributed by atoms with van der Waals surface area (Å²) in [6, 6.07) is 6.60. The summed E-state index contributed by atoms with van der Waals surface area (Å²) >= 11 is 0. The highest BCUT2D eigenvalue weighted by atomic mass is 19.2. The number of methoxy groups -OCH3 is 1. The van der Waals surface area contributed by atoms with Crippen molar-refractivity contribution in [2.24, 2.45) is 0 Å². The molecule has 0 amide bonds. The highest BCUT2D eigenvalue weighted by molar-refractivity contribution is 5.86. The Hall–Kier alpha value is -2.57. The number of nitrogens with one attached hydrogen (secondary N) is 1. The number of hydrogen-bond donors (Lipinski definition) is 1. The maximum atomic E-state index is 13.0. The topological polar surface area (TPSA) is 64.1 Å². The van der Waals surface area contributed by atoms with Gasteiger partial charge in [-0.3, -0.25) is 0 Å². The summed E-state index contributed by atoms with van der Waals surface area (Å²) < 4.78 is 30.2. The smallest absolute Gasteiger partial charge is 0.358 e. The van der Waals surface area contributed by atoms with Crippen LogP contribution in [-0.4, -0.2) is 23.3 Å². The fourth-order valence-electron chi connectivity index (χ4n) is 1.48. The molecule has 0 aliphatic rings. The zero-order valence-electron chi connectivity index (χ0n) is 10.6. The van der Waals surface area contributed by atoms with Gasteiger partial charge in [-0.25, -0.2) is 13.6 Å². The van der Waals surface area contributed by atoms with Crippen molar-refractivity contribution in [2.75, 3.05) is 12.4 Å². The third kappa shape index (κ3) is 3.25. The normalized spacial score (nSPS) is 10.2. The third-order valence-electron chi connectivity index (χ3n) is 2.52. The molecule has 5 nitrogen and oxygen atoms in total. The number of nitrogens with zero attached hydrogens (tertiary/aromatic N) is 2. The van der Waals surface area contributed by atoms with Crippen LogP contribution < -0.4 is 5.32 Å². The largest absolute Gasteiger partial charge is 0.464 e. The van der Waals surface area contributed by atoms with Gasteiger partial charge in [-0.05, 0) is 29.8 Å². The van der Waals surface area contributed by atoms with Crippen LogP contribution in [-0.2, 0) is 11.3 Å². The van der Waals surface area contributed by atoms with Gasteiger partial charge in [0, 0.05) is 6.54 Å². The predicted molar refractivity (Wildman–Crippen MR) is 67.1 cm³/mol. The van der Waals surface area contributed by atoms with Crippen molar-refractivity contribution < 1.29 is 18.3 Å². The van der Waals surface area contributed by atoms with Gasteiger partial charge in [0.05, 0.1) is 7.11 Å². The van der Waals surface area contributed by atoms with Crippen LogP contribution in [0.4, 0.5) is 14.6 Å². The van der Waals surface area contributed by atoms with E-state index in [1.807, 2.05) is 0 Å². The van der Waals surface area contributed by atoms with E-state index in [1.165, 1.54) is 19.2 Å². The molecule has 0 radical (unpaired) electrons. The van der Waals surface area contributed by atoms with Crippen molar-refractivity contribution in [3.63, 3.8) is 0 Å². The van der Waals surface area contributed by atoms with Gasteiger partial charge in [0.1, 0.15) is 5.82 Å². The molecule has 104 valence electrons. The average molecular weight is 279 g/mol. The van der Waals surface area contributed by atoms with Crippen LogP contribution in [0.25, 0.3) is 0 Å². The van der Waals surface area contributed by atoms with Crippen LogP contribution in [0.5, 0.6) is 0 Å². The second kappa shape index (κ2) is 6.05. The molecule has 1 N–H and O–H groups in total. The molecule has 7 heteroatoms. The summed E-state index contributed by atoms with van der Waals surface area (Å²) in [6.07, 6.45) is 0. The number of carbonyl (C=O) groups excluding carboxylic acids is 1. The first-order valence-corrected chi connectivity index (χ1v) is 5.70. The van der Waals surface area contributed by atoms with Gasteiger partial charge in [-0.1, -0.05) is 6.07 Å². The Morgan fingerprint density at radius 2 is 2.00 bits per heavy atom. The highest BCUT2D eigenvalue weighted by Gasteiger charge is 2.07. The number of benzene rings is 1. The molecule has 20 heavy (non-hydrogen) atoms. The lowest BCUT2D eigenvalue weighted by molar-refractivity contribution is 0.0593. The first kappa shape index (κ1) is 13.9. The Kier molecular flexibility index (Phi) is 4.19. The van der Waals surface area contributed by atoms with Gasteiger partial charge in [-0.15, -0.1) is 10.2 Å². The summed E-state index contributed by atoms with van der Waals surface area (Å²) in [5, 5.41) is 10.3. The lowest BCUT2D eigenvalue weighted by Gasteiger charge is -2.06. The minimum Gasteiger partial charge on any atom is -0.464 e. The SMILES string of the molecule is COC(=O)c1ccc(NCc2ccc(F)c(F)c2)nn1. The van der Waals surface area contributed by atoms with Gasteiger partial charge in [0.2, 0.25) is 0 Å². The Morgan fingerprint density at radius 3 is 2.60 bits per heavy atom. The summed E-state index contributed by atoms with van der Waals surface area (Å²) in [5.74, 6) is -1.97. The van der Waals surface area contributed by atoms with Gasteiger partial charge >= 0.3 is 5.97 Å². The maximum Gasteiger partial charge on any atom is 0.358 e. The van der Waals surface area contributed by atoms with Gasteiger partial charge < -0.3 is 10.1 Å². The molecule has 0 saturated carbocycles. The number of hydrogen-bond acceptors (Lipinski definition) is 5. The van der Waals surface area contributed by atoms with Gasteiger partial charge in [-0.2, -0.15) is 0 Å². The number of anilines is 1. The third-order valence-corrected chi connectivity index (χ3v) is 2.52. The van der Waals surface area contributed by atoms with Crippen LogP contribution in [0.3, 0.4) is 0 Å². The molecule has 0 fully saturated rings. The van der Waals surface area contributed by atoms with E-state index in [1.54, 1.807) is 6.07 Å². The molecule has 0 aliphatic heterocycles. The molecule has 0 atom stereocenters. The Bertz CT molecular complexity index is 618. The summed E-state index contributed by atoms with van der Waals surface area (Å²) in [5.41, 5.74) is 0.647. The molecular weight excluding hydrogens is 268 g/mol. The molecule has 2 rings (SSSR count). The number of rotatable bonds is 4. The molecule has 2 aromatic rings. The zero-order chi connectivity index (χ0) is 14.5.